The molecule has 3 rings (SSSR count). The second-order valence-corrected chi connectivity index (χ2v) is 6.89. The molecule has 0 saturated heterocycles. The number of carbonyl (C=O) groups is 1. The number of rotatable bonds is 8. The van der Waals surface area contributed by atoms with Gasteiger partial charge >= 0.3 is 0 Å². The van der Waals surface area contributed by atoms with Crippen LogP contribution in [0.15, 0.2) is 42.7 Å². The number of carbonyl (C=O) groups excluding carboxylic acids is 1. The number of para-hydroxylation sites is 1. The van der Waals surface area contributed by atoms with Crippen molar-refractivity contribution in [3.8, 4) is 5.75 Å². The molecule has 1 heterocycles. The number of amides is 1. The van der Waals surface area contributed by atoms with Crippen molar-refractivity contribution < 1.29 is 9.53 Å². The number of nitrogens with one attached hydrogen (secondary N) is 2. The monoisotopic (exact) mass is 341 g/mol. The quantitative estimate of drug-likeness (QED) is 0.718. The molecule has 1 amide bonds. The molecule has 25 heavy (non-hydrogen) atoms. The molecular formula is C20H27N3O2. The molecule has 0 bridgehead atoms. The van der Waals surface area contributed by atoms with Crippen molar-refractivity contribution in [1.29, 1.82) is 0 Å². The van der Waals surface area contributed by atoms with Crippen molar-refractivity contribution in [2.75, 3.05) is 13.2 Å². The van der Waals surface area contributed by atoms with Crippen LogP contribution in [0.25, 0.3) is 0 Å². The molecule has 1 fully saturated rings. The molecule has 134 valence electrons. The molecule has 0 spiro atoms. The standard InChI is InChI=1S/C20H27N3O2/c24-20(18-14-22-23-15-18)21-13-17-10-8-16(9-11-17)5-4-12-25-19-6-2-1-3-7-19/h1-3,6-7,14-17H,4-5,8-13H2,(H,21,24)(H,22,23)/t16-,17+. The van der Waals surface area contributed by atoms with Crippen LogP contribution in [-0.2, 0) is 0 Å². The third-order valence-electron chi connectivity index (χ3n) is 5.05. The van der Waals surface area contributed by atoms with Crippen molar-refractivity contribution >= 4 is 5.91 Å². The van der Waals surface area contributed by atoms with Crippen LogP contribution in [-0.4, -0.2) is 29.3 Å². The van der Waals surface area contributed by atoms with Gasteiger partial charge in [-0.2, -0.15) is 5.10 Å². The van der Waals surface area contributed by atoms with E-state index in [1.54, 1.807) is 12.4 Å². The van der Waals surface area contributed by atoms with Gasteiger partial charge in [0.15, 0.2) is 0 Å². The van der Waals surface area contributed by atoms with Gasteiger partial charge in [-0.3, -0.25) is 9.89 Å². The summed E-state index contributed by atoms with van der Waals surface area (Å²) in [6.07, 6.45) is 10.5. The molecule has 0 atom stereocenters. The Balaban J connectivity index is 1.26. The Morgan fingerprint density at radius 1 is 1.16 bits per heavy atom. The lowest BCUT2D eigenvalue weighted by Gasteiger charge is -2.28. The first-order valence-corrected chi connectivity index (χ1v) is 9.26. The van der Waals surface area contributed by atoms with Crippen LogP contribution >= 0.6 is 0 Å². The summed E-state index contributed by atoms with van der Waals surface area (Å²) in [4.78, 5) is 11.9. The van der Waals surface area contributed by atoms with Crippen LogP contribution < -0.4 is 10.1 Å². The third kappa shape index (κ3) is 5.62. The Morgan fingerprint density at radius 3 is 2.64 bits per heavy atom. The van der Waals surface area contributed by atoms with Crippen LogP contribution in [0.1, 0.15) is 48.9 Å². The van der Waals surface area contributed by atoms with E-state index in [1.165, 1.54) is 32.1 Å². The highest BCUT2D eigenvalue weighted by Gasteiger charge is 2.21. The summed E-state index contributed by atoms with van der Waals surface area (Å²) in [7, 11) is 0. The number of aromatic amines is 1. The first-order valence-electron chi connectivity index (χ1n) is 9.26. The number of H-pyrrole nitrogens is 1. The Bertz CT molecular complexity index is 620. The van der Waals surface area contributed by atoms with E-state index in [0.717, 1.165) is 31.2 Å². The summed E-state index contributed by atoms with van der Waals surface area (Å²) < 4.78 is 5.76. The summed E-state index contributed by atoms with van der Waals surface area (Å²) >= 11 is 0. The second kappa shape index (κ2) is 9.25. The summed E-state index contributed by atoms with van der Waals surface area (Å²) in [5.41, 5.74) is 0.604. The van der Waals surface area contributed by atoms with Gasteiger partial charge in [-0.1, -0.05) is 31.0 Å². The highest BCUT2D eigenvalue weighted by molar-refractivity contribution is 5.93. The molecule has 1 aliphatic rings. The van der Waals surface area contributed by atoms with Crippen molar-refractivity contribution in [3.63, 3.8) is 0 Å². The van der Waals surface area contributed by atoms with E-state index in [1.807, 2.05) is 30.3 Å². The molecule has 5 nitrogen and oxygen atoms in total. The van der Waals surface area contributed by atoms with E-state index in [2.05, 4.69) is 15.5 Å². The SMILES string of the molecule is O=C(NC[C@H]1CC[C@@H](CCCOc2ccccc2)CC1)c1cn[nH]c1. The molecule has 1 aromatic heterocycles. The second-order valence-electron chi connectivity index (χ2n) is 6.89. The van der Waals surface area contributed by atoms with Gasteiger partial charge in [0, 0.05) is 12.7 Å². The van der Waals surface area contributed by atoms with Crippen molar-refractivity contribution in [1.82, 2.24) is 15.5 Å². The van der Waals surface area contributed by atoms with Crippen molar-refractivity contribution in [3.05, 3.63) is 48.3 Å². The van der Waals surface area contributed by atoms with Crippen LogP contribution in [0, 0.1) is 11.8 Å². The van der Waals surface area contributed by atoms with Crippen molar-refractivity contribution in [2.24, 2.45) is 11.8 Å². The number of nitrogens with zero attached hydrogens (tertiary/aromatic N) is 1. The fraction of sp³-hybridized carbons (Fsp3) is 0.500. The van der Waals surface area contributed by atoms with E-state index in [4.69, 9.17) is 4.74 Å². The average Bonchev–Trinajstić information content (AvgIpc) is 3.20. The number of ether oxygens (including phenoxy) is 1. The van der Waals surface area contributed by atoms with Gasteiger partial charge in [0.05, 0.1) is 18.4 Å². The Morgan fingerprint density at radius 2 is 1.92 bits per heavy atom. The van der Waals surface area contributed by atoms with Crippen LogP contribution in [0.3, 0.4) is 0 Å². The topological polar surface area (TPSA) is 67.0 Å². The average molecular weight is 341 g/mol. The summed E-state index contributed by atoms with van der Waals surface area (Å²) in [5, 5.41) is 9.50. The summed E-state index contributed by atoms with van der Waals surface area (Å²) in [6.45, 7) is 1.57. The predicted molar refractivity (Wildman–Crippen MR) is 97.5 cm³/mol. The molecule has 0 unspecified atom stereocenters. The number of benzene rings is 1. The van der Waals surface area contributed by atoms with E-state index < -0.39 is 0 Å². The van der Waals surface area contributed by atoms with E-state index in [9.17, 15) is 4.79 Å². The molecule has 5 heteroatoms. The summed E-state index contributed by atoms with van der Waals surface area (Å²) in [6, 6.07) is 10.0. The minimum atomic E-state index is -0.0334. The van der Waals surface area contributed by atoms with E-state index >= 15 is 0 Å². The number of hydrogen-bond donors (Lipinski definition) is 2. The number of aromatic nitrogens is 2. The molecule has 2 aromatic rings. The molecule has 0 radical (unpaired) electrons. The molecule has 1 aromatic carbocycles. The zero-order valence-corrected chi connectivity index (χ0v) is 14.6. The summed E-state index contributed by atoms with van der Waals surface area (Å²) in [5.74, 6) is 2.33. The lowest BCUT2D eigenvalue weighted by atomic mass is 9.80. The zero-order chi connectivity index (χ0) is 17.3. The first-order chi connectivity index (χ1) is 12.3. The maximum absolute atomic E-state index is 11.9. The Hall–Kier alpha value is -2.30. The third-order valence-corrected chi connectivity index (χ3v) is 5.05. The van der Waals surface area contributed by atoms with Crippen molar-refractivity contribution in [2.45, 2.75) is 38.5 Å². The lowest BCUT2D eigenvalue weighted by molar-refractivity contribution is 0.0941. The first kappa shape index (κ1) is 17.5. The molecular weight excluding hydrogens is 314 g/mol. The predicted octanol–water partition coefficient (Wildman–Crippen LogP) is 3.81. The lowest BCUT2D eigenvalue weighted by Crippen LogP contribution is -2.31. The van der Waals surface area contributed by atoms with E-state index in [0.29, 0.717) is 11.5 Å². The Kier molecular flexibility index (Phi) is 6.48. The maximum atomic E-state index is 11.9. The van der Waals surface area contributed by atoms with Gasteiger partial charge in [0.1, 0.15) is 5.75 Å². The number of hydrogen-bond acceptors (Lipinski definition) is 3. The van der Waals surface area contributed by atoms with Gasteiger partial charge in [-0.05, 0) is 49.7 Å². The fourth-order valence-electron chi connectivity index (χ4n) is 3.52. The Labute approximate surface area is 149 Å². The molecule has 0 aliphatic heterocycles. The molecule has 1 saturated carbocycles. The van der Waals surface area contributed by atoms with Gasteiger partial charge in [-0.25, -0.2) is 0 Å². The fourth-order valence-corrected chi connectivity index (χ4v) is 3.52. The van der Waals surface area contributed by atoms with Crippen LogP contribution in [0.2, 0.25) is 0 Å². The van der Waals surface area contributed by atoms with Gasteiger partial charge in [0.25, 0.3) is 5.91 Å². The maximum Gasteiger partial charge on any atom is 0.254 e. The van der Waals surface area contributed by atoms with E-state index in [-0.39, 0.29) is 5.91 Å². The normalized spacial score (nSPS) is 20.2. The molecule has 1 aliphatic carbocycles. The highest BCUT2D eigenvalue weighted by atomic mass is 16.5. The minimum Gasteiger partial charge on any atom is -0.494 e. The molecule has 2 N–H and O–H groups in total. The van der Waals surface area contributed by atoms with Gasteiger partial charge in [-0.15, -0.1) is 0 Å². The van der Waals surface area contributed by atoms with Gasteiger partial charge < -0.3 is 10.1 Å². The minimum absolute atomic E-state index is 0.0334. The zero-order valence-electron chi connectivity index (χ0n) is 14.6. The highest BCUT2D eigenvalue weighted by Crippen LogP contribution is 2.31. The van der Waals surface area contributed by atoms with Gasteiger partial charge in [0.2, 0.25) is 0 Å². The van der Waals surface area contributed by atoms with Crippen LogP contribution in [0.4, 0.5) is 0 Å². The van der Waals surface area contributed by atoms with Crippen LogP contribution in [0.5, 0.6) is 5.75 Å². The smallest absolute Gasteiger partial charge is 0.254 e. The largest absolute Gasteiger partial charge is 0.494 e.